The van der Waals surface area contributed by atoms with Crippen LogP contribution in [0.5, 0.6) is 11.5 Å². The van der Waals surface area contributed by atoms with Crippen LogP contribution in [-0.4, -0.2) is 50.4 Å². The highest BCUT2D eigenvalue weighted by atomic mass is 16.5. The zero-order chi connectivity index (χ0) is 21.4. The molecule has 1 atom stereocenters. The van der Waals surface area contributed by atoms with E-state index >= 15 is 0 Å². The number of anilines is 1. The maximum Gasteiger partial charge on any atom is 0.251 e. The Kier molecular flexibility index (Phi) is 7.59. The molecule has 0 heterocycles. The van der Waals surface area contributed by atoms with Crippen LogP contribution in [0.4, 0.5) is 5.69 Å². The Hall–Kier alpha value is -3.55. The normalized spacial score (nSPS) is 11.2. The highest BCUT2D eigenvalue weighted by Gasteiger charge is 2.29. The molecule has 2 rings (SSSR count). The molecular weight excluding hydrogens is 374 g/mol. The average Bonchev–Trinajstić information content (AvgIpc) is 2.73. The maximum absolute atomic E-state index is 13.1. The monoisotopic (exact) mass is 399 g/mol. The second-order valence-electron chi connectivity index (χ2n) is 6.31. The molecule has 0 saturated carbocycles. The van der Waals surface area contributed by atoms with Crippen molar-refractivity contribution in [3.05, 3.63) is 54.1 Å². The predicted octanol–water partition coefficient (Wildman–Crippen LogP) is 1.98. The van der Waals surface area contributed by atoms with Gasteiger partial charge in [0.25, 0.3) is 5.91 Å². The van der Waals surface area contributed by atoms with E-state index in [1.807, 2.05) is 0 Å². The van der Waals surface area contributed by atoms with Gasteiger partial charge in [0.15, 0.2) is 0 Å². The lowest BCUT2D eigenvalue weighted by molar-refractivity contribution is -0.137. The minimum Gasteiger partial charge on any atom is -0.497 e. The largest absolute Gasteiger partial charge is 0.497 e. The molecule has 2 aromatic carbocycles. The molecule has 0 spiro atoms. The number of rotatable bonds is 8. The molecule has 0 aliphatic rings. The molecule has 0 aliphatic heterocycles. The average molecular weight is 399 g/mol. The van der Waals surface area contributed by atoms with Crippen LogP contribution in [-0.2, 0) is 14.4 Å². The number of ether oxygens (including phenoxy) is 2. The molecule has 0 radical (unpaired) electrons. The van der Waals surface area contributed by atoms with Crippen molar-refractivity contribution in [1.29, 1.82) is 0 Å². The molecule has 8 heteroatoms. The summed E-state index contributed by atoms with van der Waals surface area (Å²) in [6.07, 6.45) is 0. The summed E-state index contributed by atoms with van der Waals surface area (Å²) in [5.74, 6) is 0.188. The molecule has 0 aliphatic carbocycles. The standard InChI is InChI=1S/C21H25N3O5/c1-14(25)22-13-19(26)24(2)20(15-5-9-17(28-3)10-6-15)21(27)23-16-7-11-18(29-4)12-8-16/h5-12,20H,13H2,1-4H3,(H,22,25)(H,23,27)/t20-/m1/s1. The van der Waals surface area contributed by atoms with Gasteiger partial charge in [0.2, 0.25) is 11.8 Å². The molecule has 0 saturated heterocycles. The smallest absolute Gasteiger partial charge is 0.251 e. The number of carbonyl (C=O) groups excluding carboxylic acids is 3. The number of nitrogens with zero attached hydrogens (tertiary/aromatic N) is 1. The first-order valence-electron chi connectivity index (χ1n) is 8.94. The minimum absolute atomic E-state index is 0.200. The first-order valence-corrected chi connectivity index (χ1v) is 8.94. The number of carbonyl (C=O) groups is 3. The van der Waals surface area contributed by atoms with Gasteiger partial charge in [-0.05, 0) is 42.0 Å². The van der Waals surface area contributed by atoms with E-state index in [1.165, 1.54) is 18.9 Å². The summed E-state index contributed by atoms with van der Waals surface area (Å²) in [6.45, 7) is 1.12. The van der Waals surface area contributed by atoms with Crippen LogP contribution < -0.4 is 20.1 Å². The molecule has 0 aromatic heterocycles. The molecule has 29 heavy (non-hydrogen) atoms. The number of hydrogen-bond acceptors (Lipinski definition) is 5. The van der Waals surface area contributed by atoms with Crippen LogP contribution in [0.3, 0.4) is 0 Å². The molecule has 2 aromatic rings. The van der Waals surface area contributed by atoms with Gasteiger partial charge in [-0.3, -0.25) is 14.4 Å². The molecule has 0 fully saturated rings. The van der Waals surface area contributed by atoms with E-state index in [9.17, 15) is 14.4 Å². The van der Waals surface area contributed by atoms with Crippen molar-refractivity contribution < 1.29 is 23.9 Å². The summed E-state index contributed by atoms with van der Waals surface area (Å²) >= 11 is 0. The quantitative estimate of drug-likeness (QED) is 0.708. The van der Waals surface area contributed by atoms with Crippen LogP contribution in [0.1, 0.15) is 18.5 Å². The van der Waals surface area contributed by atoms with Crippen molar-refractivity contribution in [2.75, 3.05) is 33.1 Å². The molecule has 3 amide bonds. The van der Waals surface area contributed by atoms with Gasteiger partial charge >= 0.3 is 0 Å². The Balaban J connectivity index is 2.27. The number of nitrogens with one attached hydrogen (secondary N) is 2. The van der Waals surface area contributed by atoms with Gasteiger partial charge in [0.05, 0.1) is 20.8 Å². The topological polar surface area (TPSA) is 97.0 Å². The summed E-state index contributed by atoms with van der Waals surface area (Å²) in [5, 5.41) is 5.27. The van der Waals surface area contributed by atoms with Crippen LogP contribution in [0.15, 0.2) is 48.5 Å². The number of benzene rings is 2. The van der Waals surface area contributed by atoms with E-state index in [2.05, 4.69) is 10.6 Å². The minimum atomic E-state index is -0.899. The fourth-order valence-corrected chi connectivity index (χ4v) is 2.69. The van der Waals surface area contributed by atoms with Gasteiger partial charge in [-0.2, -0.15) is 0 Å². The molecular formula is C21H25N3O5. The van der Waals surface area contributed by atoms with E-state index < -0.39 is 11.9 Å². The molecule has 0 bridgehead atoms. The van der Waals surface area contributed by atoms with Crippen molar-refractivity contribution in [2.24, 2.45) is 0 Å². The Labute approximate surface area is 169 Å². The third kappa shape index (κ3) is 5.97. The van der Waals surface area contributed by atoms with Gasteiger partial charge in [-0.25, -0.2) is 0 Å². The third-order valence-corrected chi connectivity index (χ3v) is 4.31. The summed E-state index contributed by atoms with van der Waals surface area (Å²) in [7, 11) is 4.63. The highest BCUT2D eigenvalue weighted by Crippen LogP contribution is 2.25. The van der Waals surface area contributed by atoms with Crippen molar-refractivity contribution in [3.8, 4) is 11.5 Å². The van der Waals surface area contributed by atoms with E-state index in [-0.39, 0.29) is 18.4 Å². The van der Waals surface area contributed by atoms with Crippen LogP contribution in [0, 0.1) is 0 Å². The summed E-state index contributed by atoms with van der Waals surface area (Å²) in [6, 6.07) is 12.8. The number of hydrogen-bond donors (Lipinski definition) is 2. The Morgan fingerprint density at radius 1 is 0.931 bits per heavy atom. The summed E-state index contributed by atoms with van der Waals surface area (Å²) in [5.41, 5.74) is 1.17. The van der Waals surface area contributed by atoms with Gasteiger partial charge in [0.1, 0.15) is 17.5 Å². The first kappa shape index (κ1) is 21.7. The van der Waals surface area contributed by atoms with E-state index in [0.717, 1.165) is 0 Å². The van der Waals surface area contributed by atoms with Crippen LogP contribution >= 0.6 is 0 Å². The first-order chi connectivity index (χ1) is 13.8. The van der Waals surface area contributed by atoms with Crippen LogP contribution in [0.25, 0.3) is 0 Å². The highest BCUT2D eigenvalue weighted by molar-refractivity contribution is 5.98. The van der Waals surface area contributed by atoms with E-state index in [4.69, 9.17) is 9.47 Å². The Morgan fingerprint density at radius 2 is 1.45 bits per heavy atom. The number of likely N-dealkylation sites (N-methyl/N-ethyl adjacent to an activating group) is 1. The van der Waals surface area contributed by atoms with Gasteiger partial charge in [-0.15, -0.1) is 0 Å². The molecule has 154 valence electrons. The second kappa shape index (κ2) is 10.1. The van der Waals surface area contributed by atoms with Crippen molar-refractivity contribution in [3.63, 3.8) is 0 Å². The van der Waals surface area contributed by atoms with Crippen LogP contribution in [0.2, 0.25) is 0 Å². The summed E-state index contributed by atoms with van der Waals surface area (Å²) < 4.78 is 10.3. The summed E-state index contributed by atoms with van der Waals surface area (Å²) in [4.78, 5) is 38.0. The lowest BCUT2D eigenvalue weighted by Crippen LogP contribution is -2.43. The lowest BCUT2D eigenvalue weighted by atomic mass is 10.0. The lowest BCUT2D eigenvalue weighted by Gasteiger charge is -2.28. The van der Waals surface area contributed by atoms with Gasteiger partial charge < -0.3 is 25.0 Å². The predicted molar refractivity (Wildman–Crippen MR) is 109 cm³/mol. The Morgan fingerprint density at radius 3 is 1.93 bits per heavy atom. The van der Waals surface area contributed by atoms with E-state index in [0.29, 0.717) is 22.7 Å². The fraction of sp³-hybridized carbons (Fsp3) is 0.286. The number of amides is 3. The molecule has 0 unspecified atom stereocenters. The van der Waals surface area contributed by atoms with Gasteiger partial charge in [0, 0.05) is 19.7 Å². The van der Waals surface area contributed by atoms with E-state index in [1.54, 1.807) is 62.8 Å². The Bertz CT molecular complexity index is 850. The second-order valence-corrected chi connectivity index (χ2v) is 6.31. The zero-order valence-corrected chi connectivity index (χ0v) is 16.9. The van der Waals surface area contributed by atoms with Crippen molar-refractivity contribution >= 4 is 23.4 Å². The molecule has 8 nitrogen and oxygen atoms in total. The SMILES string of the molecule is COc1ccc(NC(=O)[C@@H](c2ccc(OC)cc2)N(C)C(=O)CNC(C)=O)cc1. The van der Waals surface area contributed by atoms with Crippen molar-refractivity contribution in [2.45, 2.75) is 13.0 Å². The maximum atomic E-state index is 13.1. The zero-order valence-electron chi connectivity index (χ0n) is 16.9. The van der Waals surface area contributed by atoms with Gasteiger partial charge in [-0.1, -0.05) is 12.1 Å². The number of methoxy groups -OCH3 is 2. The molecule has 2 N–H and O–H groups in total. The fourth-order valence-electron chi connectivity index (χ4n) is 2.69. The van der Waals surface area contributed by atoms with Crippen molar-refractivity contribution in [1.82, 2.24) is 10.2 Å². The third-order valence-electron chi connectivity index (χ3n) is 4.31.